The number of pyridine rings is 1. The molecule has 20 heavy (non-hydrogen) atoms. The molecule has 0 fully saturated rings. The first-order valence-electron chi connectivity index (χ1n) is 6.72. The van der Waals surface area contributed by atoms with Crippen LogP contribution < -0.4 is 5.32 Å². The molecule has 2 nitrogen and oxygen atoms in total. The number of halogens is 1. The van der Waals surface area contributed by atoms with Gasteiger partial charge in [0.15, 0.2) is 0 Å². The molecule has 0 radical (unpaired) electrons. The van der Waals surface area contributed by atoms with Crippen LogP contribution in [-0.4, -0.2) is 4.98 Å². The molecule has 0 saturated heterocycles. The van der Waals surface area contributed by atoms with Crippen LogP contribution in [0.2, 0.25) is 0 Å². The smallest absolute Gasteiger partial charge is 0.0901 e. The van der Waals surface area contributed by atoms with Crippen molar-refractivity contribution in [3.05, 3.63) is 50.7 Å². The van der Waals surface area contributed by atoms with Crippen LogP contribution in [-0.2, 0) is 12.8 Å². The van der Waals surface area contributed by atoms with E-state index >= 15 is 0 Å². The molecule has 0 aliphatic heterocycles. The van der Waals surface area contributed by atoms with Gasteiger partial charge in [0, 0.05) is 23.5 Å². The molecule has 0 bridgehead atoms. The lowest BCUT2D eigenvalue weighted by Crippen LogP contribution is -1.92. The molecule has 0 spiro atoms. The molecule has 0 atom stereocenters. The van der Waals surface area contributed by atoms with Gasteiger partial charge in [-0.3, -0.25) is 4.98 Å². The number of hydrogen-bond donors (Lipinski definition) is 1. The van der Waals surface area contributed by atoms with E-state index in [1.807, 2.05) is 12.4 Å². The second-order valence-corrected chi connectivity index (χ2v) is 7.95. The Hall–Kier alpha value is -1.14. The van der Waals surface area contributed by atoms with Crippen LogP contribution in [0.5, 0.6) is 0 Å². The van der Waals surface area contributed by atoms with Gasteiger partial charge in [-0.15, -0.1) is 11.3 Å². The molecule has 0 unspecified atom stereocenters. The molecule has 0 saturated carbocycles. The van der Waals surface area contributed by atoms with Gasteiger partial charge in [-0.05, 0) is 71.2 Å². The number of aryl methyl sites for hydroxylation is 2. The Morgan fingerprint density at radius 3 is 3.00 bits per heavy atom. The quantitative estimate of drug-likeness (QED) is 0.612. The van der Waals surface area contributed by atoms with Crippen molar-refractivity contribution in [3.8, 4) is 0 Å². The Kier molecular flexibility index (Phi) is 3.15. The lowest BCUT2D eigenvalue weighted by molar-refractivity contribution is 0.912. The Bertz CT molecular complexity index is 794. The van der Waals surface area contributed by atoms with Gasteiger partial charge in [0.2, 0.25) is 0 Å². The van der Waals surface area contributed by atoms with E-state index in [9.17, 15) is 0 Å². The molecule has 100 valence electrons. The van der Waals surface area contributed by atoms with Crippen LogP contribution in [0.25, 0.3) is 10.1 Å². The standard InChI is InChI=1S/C16H13IN2S/c17-16-15(13-6-7-18-9-14(13)20-16)19-12-5-4-10-2-1-3-11(10)8-12/h4-9,19H,1-3H2. The molecule has 1 aliphatic carbocycles. The summed E-state index contributed by atoms with van der Waals surface area (Å²) in [7, 11) is 0. The summed E-state index contributed by atoms with van der Waals surface area (Å²) in [6.45, 7) is 0. The minimum Gasteiger partial charge on any atom is -0.353 e. The first-order chi connectivity index (χ1) is 9.81. The summed E-state index contributed by atoms with van der Waals surface area (Å²) in [5.41, 5.74) is 5.43. The predicted octanol–water partition coefficient (Wildman–Crippen LogP) is 5.13. The average molecular weight is 392 g/mol. The second kappa shape index (κ2) is 5.00. The summed E-state index contributed by atoms with van der Waals surface area (Å²) in [4.78, 5) is 4.20. The molecule has 2 heterocycles. The van der Waals surface area contributed by atoms with Crippen LogP contribution in [0.1, 0.15) is 17.5 Å². The zero-order valence-electron chi connectivity index (χ0n) is 10.8. The van der Waals surface area contributed by atoms with Gasteiger partial charge < -0.3 is 5.32 Å². The molecule has 1 aromatic carbocycles. The fourth-order valence-corrected chi connectivity index (χ4v) is 4.82. The molecule has 4 heteroatoms. The van der Waals surface area contributed by atoms with Crippen LogP contribution in [0.3, 0.4) is 0 Å². The number of aromatic nitrogens is 1. The Morgan fingerprint density at radius 1 is 1.15 bits per heavy atom. The van der Waals surface area contributed by atoms with Crippen molar-refractivity contribution >= 4 is 55.4 Å². The van der Waals surface area contributed by atoms with Gasteiger partial charge in [0.05, 0.1) is 13.3 Å². The van der Waals surface area contributed by atoms with Gasteiger partial charge in [-0.2, -0.15) is 0 Å². The van der Waals surface area contributed by atoms with Crippen molar-refractivity contribution in [1.29, 1.82) is 0 Å². The second-order valence-electron chi connectivity index (χ2n) is 5.08. The highest BCUT2D eigenvalue weighted by atomic mass is 127. The van der Waals surface area contributed by atoms with Crippen molar-refractivity contribution in [2.24, 2.45) is 0 Å². The normalized spacial score (nSPS) is 13.7. The Balaban J connectivity index is 1.76. The highest BCUT2D eigenvalue weighted by Crippen LogP contribution is 2.38. The SMILES string of the molecule is Ic1sc2cnccc2c1Nc1ccc2c(c1)CCC2. The third kappa shape index (κ3) is 2.11. The summed E-state index contributed by atoms with van der Waals surface area (Å²) in [6, 6.07) is 8.87. The number of thiophene rings is 1. The third-order valence-corrected chi connectivity index (χ3v) is 5.95. The largest absolute Gasteiger partial charge is 0.353 e. The van der Waals surface area contributed by atoms with Gasteiger partial charge >= 0.3 is 0 Å². The van der Waals surface area contributed by atoms with Crippen molar-refractivity contribution in [1.82, 2.24) is 4.98 Å². The lowest BCUT2D eigenvalue weighted by Gasteiger charge is -2.08. The average Bonchev–Trinajstić information content (AvgIpc) is 3.04. The lowest BCUT2D eigenvalue weighted by atomic mass is 10.1. The topological polar surface area (TPSA) is 24.9 Å². The molecular weight excluding hydrogens is 379 g/mol. The maximum Gasteiger partial charge on any atom is 0.0901 e. The minimum atomic E-state index is 1.19. The van der Waals surface area contributed by atoms with Gasteiger partial charge in [-0.25, -0.2) is 0 Å². The summed E-state index contributed by atoms with van der Waals surface area (Å²) in [5.74, 6) is 0. The number of hydrogen-bond acceptors (Lipinski definition) is 3. The zero-order valence-corrected chi connectivity index (χ0v) is 13.8. The van der Waals surface area contributed by atoms with Gasteiger partial charge in [-0.1, -0.05) is 6.07 Å². The minimum absolute atomic E-state index is 1.19. The van der Waals surface area contributed by atoms with Crippen LogP contribution >= 0.6 is 33.9 Å². The monoisotopic (exact) mass is 392 g/mol. The highest BCUT2D eigenvalue weighted by Gasteiger charge is 2.13. The Morgan fingerprint density at radius 2 is 2.05 bits per heavy atom. The van der Waals surface area contributed by atoms with E-state index in [0.717, 1.165) is 0 Å². The van der Waals surface area contributed by atoms with Crippen molar-refractivity contribution in [2.45, 2.75) is 19.3 Å². The van der Waals surface area contributed by atoms with Crippen molar-refractivity contribution in [2.75, 3.05) is 5.32 Å². The van der Waals surface area contributed by atoms with E-state index in [1.165, 1.54) is 54.7 Å². The van der Waals surface area contributed by atoms with E-state index in [-0.39, 0.29) is 0 Å². The molecule has 1 aliphatic rings. The fraction of sp³-hybridized carbons (Fsp3) is 0.188. The van der Waals surface area contributed by atoms with E-state index in [4.69, 9.17) is 0 Å². The van der Waals surface area contributed by atoms with E-state index < -0.39 is 0 Å². The molecular formula is C16H13IN2S. The van der Waals surface area contributed by atoms with Crippen LogP contribution in [0.4, 0.5) is 11.4 Å². The van der Waals surface area contributed by atoms with Crippen LogP contribution in [0, 0.1) is 2.88 Å². The van der Waals surface area contributed by atoms with E-state index in [0.29, 0.717) is 0 Å². The van der Waals surface area contributed by atoms with E-state index in [2.05, 4.69) is 57.2 Å². The van der Waals surface area contributed by atoms with Crippen molar-refractivity contribution in [3.63, 3.8) is 0 Å². The zero-order chi connectivity index (χ0) is 13.5. The fourth-order valence-electron chi connectivity index (χ4n) is 2.83. The van der Waals surface area contributed by atoms with Gasteiger partial charge in [0.25, 0.3) is 0 Å². The van der Waals surface area contributed by atoms with Crippen LogP contribution in [0.15, 0.2) is 36.7 Å². The number of nitrogens with one attached hydrogen (secondary N) is 1. The molecule has 4 rings (SSSR count). The summed E-state index contributed by atoms with van der Waals surface area (Å²) < 4.78 is 2.52. The summed E-state index contributed by atoms with van der Waals surface area (Å²) in [6.07, 6.45) is 7.55. The molecule has 2 aromatic heterocycles. The maximum absolute atomic E-state index is 4.20. The van der Waals surface area contributed by atoms with E-state index in [1.54, 1.807) is 11.3 Å². The number of rotatable bonds is 2. The highest BCUT2D eigenvalue weighted by molar-refractivity contribution is 14.1. The predicted molar refractivity (Wildman–Crippen MR) is 94.1 cm³/mol. The first kappa shape index (κ1) is 12.6. The first-order valence-corrected chi connectivity index (χ1v) is 8.61. The molecule has 1 N–H and O–H groups in total. The number of anilines is 2. The maximum atomic E-state index is 4.20. The Labute approximate surface area is 135 Å². The third-order valence-electron chi connectivity index (χ3n) is 3.82. The van der Waals surface area contributed by atoms with Crippen molar-refractivity contribution < 1.29 is 0 Å². The number of fused-ring (bicyclic) bond motifs is 2. The summed E-state index contributed by atoms with van der Waals surface area (Å²) >= 11 is 4.19. The molecule has 3 aromatic rings. The molecule has 0 amide bonds. The summed E-state index contributed by atoms with van der Waals surface area (Å²) in [5, 5.41) is 4.86. The number of benzene rings is 1. The van der Waals surface area contributed by atoms with Gasteiger partial charge in [0.1, 0.15) is 0 Å². The number of nitrogens with zero attached hydrogens (tertiary/aromatic N) is 1.